The van der Waals surface area contributed by atoms with Crippen molar-refractivity contribution < 1.29 is 19.1 Å². The van der Waals surface area contributed by atoms with Crippen molar-refractivity contribution >= 4 is 27.7 Å². The molecule has 2 rings (SSSR count). The molecule has 0 bridgehead atoms. The Bertz CT molecular complexity index is 842. The first kappa shape index (κ1) is 24.7. The number of halogens is 1. The number of amides is 2. The summed E-state index contributed by atoms with van der Waals surface area (Å²) in [6.07, 6.45) is 2.40. The monoisotopic (exact) mass is 490 g/mol. The van der Waals surface area contributed by atoms with E-state index >= 15 is 0 Å². The molecule has 0 heterocycles. The van der Waals surface area contributed by atoms with Crippen LogP contribution in [0.1, 0.15) is 38.7 Å². The molecule has 0 saturated heterocycles. The second kappa shape index (κ2) is 13.0. The Labute approximate surface area is 193 Å². The van der Waals surface area contributed by atoms with Crippen LogP contribution in [0.25, 0.3) is 0 Å². The number of hydrogen-bond acceptors (Lipinski definition) is 4. The molecule has 0 aliphatic carbocycles. The van der Waals surface area contributed by atoms with Crippen molar-refractivity contribution in [3.63, 3.8) is 0 Å². The Morgan fingerprint density at radius 2 is 1.84 bits per heavy atom. The summed E-state index contributed by atoms with van der Waals surface area (Å²) in [6, 6.07) is 14.2. The van der Waals surface area contributed by atoms with Gasteiger partial charge in [0.05, 0.1) is 7.11 Å². The van der Waals surface area contributed by atoms with Gasteiger partial charge in [-0.3, -0.25) is 9.59 Å². The minimum Gasteiger partial charge on any atom is -0.497 e. The minimum absolute atomic E-state index is 0.143. The summed E-state index contributed by atoms with van der Waals surface area (Å²) in [5.74, 6) is 0.911. The molecule has 6 nitrogen and oxygen atoms in total. The summed E-state index contributed by atoms with van der Waals surface area (Å²) < 4.78 is 11.9. The van der Waals surface area contributed by atoms with Crippen molar-refractivity contribution in [3.05, 3.63) is 58.6 Å². The summed E-state index contributed by atoms with van der Waals surface area (Å²) in [4.78, 5) is 27.6. The van der Waals surface area contributed by atoms with E-state index in [-0.39, 0.29) is 18.4 Å². The zero-order valence-corrected chi connectivity index (χ0v) is 20.0. The van der Waals surface area contributed by atoms with Crippen LogP contribution in [-0.4, -0.2) is 43.0 Å². The maximum atomic E-state index is 13.2. The average Bonchev–Trinajstić information content (AvgIpc) is 2.78. The third kappa shape index (κ3) is 7.90. The quantitative estimate of drug-likeness (QED) is 0.442. The predicted molar refractivity (Wildman–Crippen MR) is 125 cm³/mol. The minimum atomic E-state index is -0.580. The molecule has 2 amide bonds. The molecule has 0 aromatic heterocycles. The number of nitrogens with one attached hydrogen (secondary N) is 1. The molecule has 0 saturated carbocycles. The van der Waals surface area contributed by atoms with Crippen LogP contribution in [0.2, 0.25) is 0 Å². The van der Waals surface area contributed by atoms with Crippen LogP contribution in [0.15, 0.2) is 53.0 Å². The molecular formula is C24H31BrN2O4. The van der Waals surface area contributed by atoms with Crippen molar-refractivity contribution in [2.24, 2.45) is 0 Å². The van der Waals surface area contributed by atoms with Crippen LogP contribution in [0.4, 0.5) is 0 Å². The van der Waals surface area contributed by atoms with Crippen LogP contribution in [0.5, 0.6) is 11.5 Å². The highest BCUT2D eigenvalue weighted by molar-refractivity contribution is 9.10. The molecule has 2 aromatic carbocycles. The van der Waals surface area contributed by atoms with E-state index in [0.29, 0.717) is 31.0 Å². The van der Waals surface area contributed by atoms with E-state index in [0.717, 1.165) is 22.9 Å². The number of methoxy groups -OCH3 is 1. The molecule has 0 aliphatic heterocycles. The Kier molecular flexibility index (Phi) is 10.4. The van der Waals surface area contributed by atoms with Crippen LogP contribution < -0.4 is 14.8 Å². The third-order valence-electron chi connectivity index (χ3n) is 4.88. The van der Waals surface area contributed by atoms with Gasteiger partial charge < -0.3 is 19.7 Å². The first-order chi connectivity index (χ1) is 15.0. The van der Waals surface area contributed by atoms with Crippen LogP contribution in [0, 0.1) is 0 Å². The number of rotatable bonds is 12. The number of benzene rings is 2. The molecule has 1 N–H and O–H groups in total. The lowest BCUT2D eigenvalue weighted by Crippen LogP contribution is -2.50. The van der Waals surface area contributed by atoms with Crippen molar-refractivity contribution in [2.75, 3.05) is 20.3 Å². The average molecular weight is 491 g/mol. The fourth-order valence-electron chi connectivity index (χ4n) is 3.15. The zero-order valence-electron chi connectivity index (χ0n) is 18.4. The molecule has 7 heteroatoms. The highest BCUT2D eigenvalue weighted by atomic mass is 79.9. The smallest absolute Gasteiger partial charge is 0.261 e. The predicted octanol–water partition coefficient (Wildman–Crippen LogP) is 4.56. The van der Waals surface area contributed by atoms with E-state index in [1.54, 1.807) is 24.1 Å². The van der Waals surface area contributed by atoms with Gasteiger partial charge >= 0.3 is 0 Å². The van der Waals surface area contributed by atoms with Gasteiger partial charge in [0.15, 0.2) is 6.61 Å². The number of ether oxygens (including phenoxy) is 2. The second-order valence-corrected chi connectivity index (χ2v) is 8.10. The van der Waals surface area contributed by atoms with E-state index < -0.39 is 6.04 Å². The van der Waals surface area contributed by atoms with E-state index in [1.807, 2.05) is 43.3 Å². The van der Waals surface area contributed by atoms with Crippen LogP contribution in [-0.2, 0) is 16.1 Å². The van der Waals surface area contributed by atoms with Gasteiger partial charge in [0, 0.05) is 17.6 Å². The summed E-state index contributed by atoms with van der Waals surface area (Å²) >= 11 is 3.38. The molecule has 168 valence electrons. The van der Waals surface area contributed by atoms with E-state index in [2.05, 4.69) is 28.2 Å². The van der Waals surface area contributed by atoms with E-state index in [4.69, 9.17) is 9.47 Å². The molecule has 0 radical (unpaired) electrons. The van der Waals surface area contributed by atoms with Gasteiger partial charge in [0.1, 0.15) is 17.5 Å². The lowest BCUT2D eigenvalue weighted by Gasteiger charge is -2.30. The fourth-order valence-corrected chi connectivity index (χ4v) is 3.42. The third-order valence-corrected chi connectivity index (χ3v) is 5.41. The summed E-state index contributed by atoms with van der Waals surface area (Å²) in [7, 11) is 1.60. The molecule has 0 unspecified atom stereocenters. The van der Waals surface area contributed by atoms with Crippen molar-refractivity contribution in [3.8, 4) is 11.5 Å². The van der Waals surface area contributed by atoms with Crippen LogP contribution in [0.3, 0.4) is 0 Å². The molecule has 31 heavy (non-hydrogen) atoms. The maximum absolute atomic E-state index is 13.2. The van der Waals surface area contributed by atoms with Crippen LogP contribution >= 0.6 is 15.9 Å². The Morgan fingerprint density at radius 1 is 1.10 bits per heavy atom. The number of unbranched alkanes of at least 4 members (excludes halogenated alkanes) is 1. The van der Waals surface area contributed by atoms with Crippen molar-refractivity contribution in [2.45, 2.75) is 45.7 Å². The summed E-state index contributed by atoms with van der Waals surface area (Å²) in [5, 5.41) is 2.95. The van der Waals surface area contributed by atoms with E-state index in [1.165, 1.54) is 0 Å². The normalized spacial score (nSPS) is 11.5. The first-order valence-corrected chi connectivity index (χ1v) is 11.4. The fraction of sp³-hybridized carbons (Fsp3) is 0.417. The van der Waals surface area contributed by atoms with Gasteiger partial charge in [-0.25, -0.2) is 0 Å². The zero-order chi connectivity index (χ0) is 22.6. The molecular weight excluding hydrogens is 460 g/mol. The standard InChI is InChI=1S/C24H31BrN2O4/c1-4-6-14-26-24(29)22(5-2)27(16-18-8-7-9-21(15-18)30-3)23(28)17-31-20-12-10-19(25)11-13-20/h7-13,15,22H,4-6,14,16-17H2,1-3H3,(H,26,29)/t22-/m1/s1. The van der Waals surface area contributed by atoms with Gasteiger partial charge in [-0.15, -0.1) is 0 Å². The molecule has 0 aliphatic rings. The van der Waals surface area contributed by atoms with Gasteiger partial charge in [-0.2, -0.15) is 0 Å². The Balaban J connectivity index is 2.18. The summed E-state index contributed by atoms with van der Waals surface area (Å²) in [6.45, 7) is 4.72. The van der Waals surface area contributed by atoms with Gasteiger partial charge in [0.25, 0.3) is 5.91 Å². The lowest BCUT2D eigenvalue weighted by atomic mass is 10.1. The Hall–Kier alpha value is -2.54. The highest BCUT2D eigenvalue weighted by Crippen LogP contribution is 2.19. The van der Waals surface area contributed by atoms with E-state index in [9.17, 15) is 9.59 Å². The maximum Gasteiger partial charge on any atom is 0.261 e. The molecule has 0 fully saturated rings. The number of hydrogen-bond donors (Lipinski definition) is 1. The van der Waals surface area contributed by atoms with Crippen molar-refractivity contribution in [1.82, 2.24) is 10.2 Å². The second-order valence-electron chi connectivity index (χ2n) is 7.18. The number of nitrogens with zero attached hydrogens (tertiary/aromatic N) is 1. The highest BCUT2D eigenvalue weighted by Gasteiger charge is 2.28. The number of carbonyl (C=O) groups excluding carboxylic acids is 2. The Morgan fingerprint density at radius 3 is 2.48 bits per heavy atom. The topological polar surface area (TPSA) is 67.9 Å². The van der Waals surface area contributed by atoms with Crippen molar-refractivity contribution in [1.29, 1.82) is 0 Å². The molecule has 1 atom stereocenters. The lowest BCUT2D eigenvalue weighted by molar-refractivity contribution is -0.143. The summed E-state index contributed by atoms with van der Waals surface area (Å²) in [5.41, 5.74) is 0.885. The largest absolute Gasteiger partial charge is 0.497 e. The first-order valence-electron chi connectivity index (χ1n) is 10.6. The van der Waals surface area contributed by atoms with Gasteiger partial charge in [0.2, 0.25) is 5.91 Å². The molecule has 0 spiro atoms. The molecule has 2 aromatic rings. The SMILES string of the molecule is CCCCNC(=O)[C@@H](CC)N(Cc1cccc(OC)c1)C(=O)COc1ccc(Br)cc1. The number of carbonyl (C=O) groups is 2. The van der Waals surface area contributed by atoms with Gasteiger partial charge in [-0.1, -0.05) is 48.3 Å². The van der Waals surface area contributed by atoms with Gasteiger partial charge in [-0.05, 0) is 54.8 Å².